The van der Waals surface area contributed by atoms with Gasteiger partial charge in [0.05, 0.1) is 20.7 Å². The molecule has 0 radical (unpaired) electrons. The minimum atomic E-state index is -4.91. The maximum Gasteiger partial charge on any atom is 0.422 e. The van der Waals surface area contributed by atoms with Gasteiger partial charge >= 0.3 is 6.18 Å². The van der Waals surface area contributed by atoms with Crippen molar-refractivity contribution in [3.05, 3.63) is 67.4 Å². The zero-order valence-corrected chi connectivity index (χ0v) is 16.1. The molecule has 0 saturated carbocycles. The summed E-state index contributed by atoms with van der Waals surface area (Å²) in [6, 6.07) is 6.55. The number of nitro benzene ring substituents is 1. The Labute approximate surface area is 175 Å². The lowest BCUT2D eigenvalue weighted by atomic mass is 10.2. The van der Waals surface area contributed by atoms with Crippen LogP contribution in [0.3, 0.4) is 0 Å². The lowest BCUT2D eigenvalue weighted by Crippen LogP contribution is -2.14. The molecule has 13 heteroatoms. The fourth-order valence-electron chi connectivity index (χ4n) is 2.29. The van der Waals surface area contributed by atoms with Gasteiger partial charge in [0.15, 0.2) is 5.82 Å². The maximum absolute atomic E-state index is 13.5. The quantitative estimate of drug-likeness (QED) is 0.282. The minimum absolute atomic E-state index is 0.173. The number of hydrogen-bond acceptors (Lipinski definition) is 6. The van der Waals surface area contributed by atoms with Crippen LogP contribution in [0.25, 0.3) is 11.5 Å². The normalized spacial score (nSPS) is 11.4. The predicted molar refractivity (Wildman–Crippen MR) is 102 cm³/mol. The number of halogens is 6. The summed E-state index contributed by atoms with van der Waals surface area (Å²) in [6.45, 7) is 0. The second-order valence-corrected chi connectivity index (χ2v) is 6.61. The number of nitro groups is 1. The van der Waals surface area contributed by atoms with Crippen LogP contribution in [0.4, 0.5) is 30.4 Å². The van der Waals surface area contributed by atoms with E-state index in [4.69, 9.17) is 34.8 Å². The molecule has 2 heterocycles. The first-order valence-electron chi connectivity index (χ1n) is 7.54. The molecule has 0 spiro atoms. The van der Waals surface area contributed by atoms with E-state index < -0.39 is 33.3 Å². The number of aromatic nitrogens is 3. The third-order valence-corrected chi connectivity index (χ3v) is 4.39. The largest absolute Gasteiger partial charge is 0.422 e. The van der Waals surface area contributed by atoms with Crippen molar-refractivity contribution in [1.82, 2.24) is 15.0 Å². The van der Waals surface area contributed by atoms with Crippen LogP contribution in [0.2, 0.25) is 15.2 Å². The number of non-ortho nitro benzene ring substituents is 1. The van der Waals surface area contributed by atoms with E-state index in [1.54, 1.807) is 12.1 Å². The van der Waals surface area contributed by atoms with Crippen molar-refractivity contribution in [3.8, 4) is 11.5 Å². The van der Waals surface area contributed by atoms with Gasteiger partial charge in [-0.1, -0.05) is 40.9 Å². The highest BCUT2D eigenvalue weighted by Gasteiger charge is 2.39. The van der Waals surface area contributed by atoms with Gasteiger partial charge in [0.25, 0.3) is 5.69 Å². The van der Waals surface area contributed by atoms with Crippen LogP contribution in [0.1, 0.15) is 5.56 Å². The van der Waals surface area contributed by atoms with Gasteiger partial charge in [-0.15, -0.1) is 0 Å². The molecule has 0 aliphatic heterocycles. The standard InChI is InChI=1S/C16H7Cl3F3N5O2/c17-8-5-7(27(28)29)6-9(18)12(8)24-15-11(16(20,21)22)13(19)25-14(26-15)10-3-1-2-4-23-10/h1-6H,(H,24,25,26). The molecule has 1 aromatic carbocycles. The fourth-order valence-corrected chi connectivity index (χ4v) is 3.13. The predicted octanol–water partition coefficient (Wildman–Crippen LogP) is 6.17. The Hall–Kier alpha value is -2.69. The Balaban J connectivity index is 2.17. The molecule has 29 heavy (non-hydrogen) atoms. The summed E-state index contributed by atoms with van der Waals surface area (Å²) in [5.41, 5.74) is -1.83. The van der Waals surface area contributed by atoms with Gasteiger partial charge in [0, 0.05) is 18.3 Å². The van der Waals surface area contributed by atoms with E-state index in [1.807, 2.05) is 0 Å². The number of rotatable bonds is 4. The maximum atomic E-state index is 13.5. The van der Waals surface area contributed by atoms with Crippen LogP contribution in [-0.4, -0.2) is 19.9 Å². The zero-order chi connectivity index (χ0) is 21.3. The van der Waals surface area contributed by atoms with Crippen molar-refractivity contribution in [2.45, 2.75) is 6.18 Å². The van der Waals surface area contributed by atoms with Crippen molar-refractivity contribution in [2.24, 2.45) is 0 Å². The van der Waals surface area contributed by atoms with Crippen molar-refractivity contribution in [2.75, 3.05) is 5.32 Å². The number of nitrogens with one attached hydrogen (secondary N) is 1. The summed E-state index contributed by atoms with van der Waals surface area (Å²) in [6.07, 6.45) is -3.51. The first-order chi connectivity index (χ1) is 13.6. The Morgan fingerprint density at radius 3 is 2.24 bits per heavy atom. The van der Waals surface area contributed by atoms with Crippen LogP contribution >= 0.6 is 34.8 Å². The Kier molecular flexibility index (Phi) is 5.78. The summed E-state index contributed by atoms with van der Waals surface area (Å²) >= 11 is 17.7. The smallest absolute Gasteiger partial charge is 0.337 e. The molecule has 1 N–H and O–H groups in total. The van der Waals surface area contributed by atoms with Gasteiger partial charge in [0.2, 0.25) is 0 Å². The average molecular weight is 465 g/mol. The molecule has 2 aromatic heterocycles. The first-order valence-corrected chi connectivity index (χ1v) is 8.68. The second-order valence-electron chi connectivity index (χ2n) is 5.44. The lowest BCUT2D eigenvalue weighted by Gasteiger charge is -2.17. The summed E-state index contributed by atoms with van der Waals surface area (Å²) < 4.78 is 40.6. The Morgan fingerprint density at radius 1 is 1.07 bits per heavy atom. The summed E-state index contributed by atoms with van der Waals surface area (Å²) in [7, 11) is 0. The average Bonchev–Trinajstić information content (AvgIpc) is 2.63. The molecular formula is C16H7Cl3F3N5O2. The monoisotopic (exact) mass is 463 g/mol. The summed E-state index contributed by atoms with van der Waals surface area (Å²) in [5, 5.41) is 11.8. The van der Waals surface area contributed by atoms with Crippen LogP contribution in [0, 0.1) is 10.1 Å². The minimum Gasteiger partial charge on any atom is -0.337 e. The highest BCUT2D eigenvalue weighted by atomic mass is 35.5. The molecule has 0 bridgehead atoms. The highest BCUT2D eigenvalue weighted by molar-refractivity contribution is 6.39. The van der Waals surface area contributed by atoms with Crippen LogP contribution in [-0.2, 0) is 6.18 Å². The van der Waals surface area contributed by atoms with Gasteiger partial charge in [-0.05, 0) is 12.1 Å². The molecule has 0 fully saturated rings. The Morgan fingerprint density at radius 2 is 1.72 bits per heavy atom. The van der Waals surface area contributed by atoms with Crippen LogP contribution in [0.5, 0.6) is 0 Å². The van der Waals surface area contributed by atoms with Gasteiger partial charge in [-0.25, -0.2) is 9.97 Å². The topological polar surface area (TPSA) is 93.8 Å². The number of benzene rings is 1. The number of anilines is 2. The van der Waals surface area contributed by atoms with E-state index >= 15 is 0 Å². The first kappa shape index (κ1) is 21.0. The van der Waals surface area contributed by atoms with Gasteiger partial charge in [-0.2, -0.15) is 13.2 Å². The van der Waals surface area contributed by atoms with Crippen LogP contribution < -0.4 is 5.32 Å². The van der Waals surface area contributed by atoms with E-state index in [9.17, 15) is 23.3 Å². The Bertz CT molecular complexity index is 1070. The molecule has 3 aromatic rings. The number of nitrogens with zero attached hydrogens (tertiary/aromatic N) is 4. The van der Waals surface area contributed by atoms with E-state index in [2.05, 4.69) is 20.3 Å². The number of alkyl halides is 3. The molecule has 0 unspecified atom stereocenters. The fraction of sp³-hybridized carbons (Fsp3) is 0.0625. The van der Waals surface area contributed by atoms with Gasteiger partial charge in [-0.3, -0.25) is 15.1 Å². The molecule has 0 aliphatic carbocycles. The molecule has 0 aliphatic rings. The van der Waals surface area contributed by atoms with Crippen molar-refractivity contribution in [1.29, 1.82) is 0 Å². The SMILES string of the molecule is O=[N+]([O-])c1cc(Cl)c(Nc2nc(-c3ccccn3)nc(Cl)c2C(F)(F)F)c(Cl)c1. The third kappa shape index (κ3) is 4.50. The number of pyridine rings is 1. The molecule has 0 atom stereocenters. The molecule has 0 amide bonds. The molecule has 150 valence electrons. The zero-order valence-electron chi connectivity index (χ0n) is 13.8. The molecular weight excluding hydrogens is 458 g/mol. The van der Waals surface area contributed by atoms with E-state index in [1.165, 1.54) is 12.3 Å². The van der Waals surface area contributed by atoms with Crippen molar-refractivity contribution < 1.29 is 18.1 Å². The lowest BCUT2D eigenvalue weighted by molar-refractivity contribution is -0.384. The summed E-state index contributed by atoms with van der Waals surface area (Å²) in [5.74, 6) is -0.920. The number of hydrogen-bond donors (Lipinski definition) is 1. The van der Waals surface area contributed by atoms with E-state index in [-0.39, 0.29) is 27.3 Å². The van der Waals surface area contributed by atoms with Crippen molar-refractivity contribution >= 4 is 52.0 Å². The summed E-state index contributed by atoms with van der Waals surface area (Å²) in [4.78, 5) is 21.6. The van der Waals surface area contributed by atoms with Crippen molar-refractivity contribution in [3.63, 3.8) is 0 Å². The molecule has 7 nitrogen and oxygen atoms in total. The second kappa shape index (κ2) is 7.97. The van der Waals surface area contributed by atoms with Gasteiger partial charge < -0.3 is 5.32 Å². The van der Waals surface area contributed by atoms with Crippen LogP contribution in [0.15, 0.2) is 36.5 Å². The van der Waals surface area contributed by atoms with E-state index in [0.29, 0.717) is 0 Å². The van der Waals surface area contributed by atoms with Gasteiger partial charge in [0.1, 0.15) is 22.2 Å². The molecule has 0 saturated heterocycles. The highest BCUT2D eigenvalue weighted by Crippen LogP contribution is 2.42. The van der Waals surface area contributed by atoms with E-state index in [0.717, 1.165) is 12.1 Å². The third-order valence-electron chi connectivity index (χ3n) is 3.52. The molecule has 3 rings (SSSR count).